The van der Waals surface area contributed by atoms with Gasteiger partial charge in [0.1, 0.15) is 11.5 Å². The maximum absolute atomic E-state index is 9.51. The number of aromatic amines is 1. The van der Waals surface area contributed by atoms with Gasteiger partial charge in [-0.2, -0.15) is 5.10 Å². The number of aliphatic hydroxyl groups is 1. The SMILES string of the molecule is OCC1CCCN1c1cc(-c2n[nH]c3ccccc23)ccn1. The number of H-pyrrole nitrogens is 1. The molecule has 0 radical (unpaired) electrons. The van der Waals surface area contributed by atoms with E-state index in [2.05, 4.69) is 32.2 Å². The van der Waals surface area contributed by atoms with E-state index in [0.717, 1.165) is 47.4 Å². The van der Waals surface area contributed by atoms with Crippen LogP contribution in [0.4, 0.5) is 5.82 Å². The van der Waals surface area contributed by atoms with Crippen LogP contribution in [0.5, 0.6) is 0 Å². The van der Waals surface area contributed by atoms with E-state index in [-0.39, 0.29) is 12.6 Å². The van der Waals surface area contributed by atoms with Crippen LogP contribution in [0.15, 0.2) is 42.6 Å². The van der Waals surface area contributed by atoms with Gasteiger partial charge in [-0.25, -0.2) is 4.98 Å². The molecular weight excluding hydrogens is 276 g/mol. The van der Waals surface area contributed by atoms with E-state index in [1.54, 1.807) is 0 Å². The molecule has 2 aromatic heterocycles. The highest BCUT2D eigenvalue weighted by Crippen LogP contribution is 2.30. The Kier molecular flexibility index (Phi) is 3.27. The first-order valence-corrected chi connectivity index (χ1v) is 7.64. The van der Waals surface area contributed by atoms with Gasteiger partial charge >= 0.3 is 0 Å². The molecule has 1 saturated heterocycles. The quantitative estimate of drug-likeness (QED) is 0.779. The molecule has 22 heavy (non-hydrogen) atoms. The normalized spacial score (nSPS) is 18.2. The third-order valence-corrected chi connectivity index (χ3v) is 4.37. The number of nitrogens with one attached hydrogen (secondary N) is 1. The van der Waals surface area contributed by atoms with Gasteiger partial charge in [0, 0.05) is 23.7 Å². The van der Waals surface area contributed by atoms with Crippen LogP contribution in [-0.2, 0) is 0 Å². The maximum Gasteiger partial charge on any atom is 0.129 e. The molecular formula is C17H18N4O. The number of anilines is 1. The van der Waals surface area contributed by atoms with Crippen LogP contribution >= 0.6 is 0 Å². The number of nitrogens with zero attached hydrogens (tertiary/aromatic N) is 3. The van der Waals surface area contributed by atoms with E-state index in [1.807, 2.05) is 30.5 Å². The van der Waals surface area contributed by atoms with Gasteiger partial charge < -0.3 is 10.0 Å². The average molecular weight is 294 g/mol. The van der Waals surface area contributed by atoms with Crippen molar-refractivity contribution in [2.75, 3.05) is 18.1 Å². The molecule has 3 heterocycles. The number of aliphatic hydroxyl groups excluding tert-OH is 1. The summed E-state index contributed by atoms with van der Waals surface area (Å²) in [6.45, 7) is 1.13. The molecule has 1 unspecified atom stereocenters. The van der Waals surface area contributed by atoms with Crippen molar-refractivity contribution in [2.45, 2.75) is 18.9 Å². The molecule has 0 aliphatic carbocycles. The van der Waals surface area contributed by atoms with Crippen LogP contribution in [-0.4, -0.2) is 39.5 Å². The van der Waals surface area contributed by atoms with E-state index >= 15 is 0 Å². The fraction of sp³-hybridized carbons (Fsp3) is 0.294. The second kappa shape index (κ2) is 5.42. The molecule has 1 aliphatic rings. The molecule has 5 nitrogen and oxygen atoms in total. The highest BCUT2D eigenvalue weighted by Gasteiger charge is 2.25. The number of pyridine rings is 1. The Morgan fingerprint density at radius 1 is 1.27 bits per heavy atom. The number of hydrogen-bond acceptors (Lipinski definition) is 4. The lowest BCUT2D eigenvalue weighted by Crippen LogP contribution is -2.32. The summed E-state index contributed by atoms with van der Waals surface area (Å²) in [5.41, 5.74) is 3.02. The second-order valence-corrected chi connectivity index (χ2v) is 5.69. The van der Waals surface area contributed by atoms with Crippen molar-refractivity contribution in [1.82, 2.24) is 15.2 Å². The lowest BCUT2D eigenvalue weighted by Gasteiger charge is -2.24. The lowest BCUT2D eigenvalue weighted by atomic mass is 10.1. The number of fused-ring (bicyclic) bond motifs is 1. The predicted octanol–water partition coefficient (Wildman–Crippen LogP) is 2.59. The van der Waals surface area contributed by atoms with Crippen LogP contribution in [0.1, 0.15) is 12.8 Å². The van der Waals surface area contributed by atoms with Crippen LogP contribution < -0.4 is 4.90 Å². The molecule has 0 bridgehead atoms. The fourth-order valence-corrected chi connectivity index (χ4v) is 3.23. The van der Waals surface area contributed by atoms with Crippen molar-refractivity contribution in [1.29, 1.82) is 0 Å². The first-order valence-electron chi connectivity index (χ1n) is 7.64. The van der Waals surface area contributed by atoms with Crippen molar-refractivity contribution in [3.05, 3.63) is 42.6 Å². The van der Waals surface area contributed by atoms with E-state index in [4.69, 9.17) is 0 Å². The Morgan fingerprint density at radius 2 is 2.18 bits per heavy atom. The standard InChI is InChI=1S/C17H18N4O/c22-11-13-4-3-9-21(13)16-10-12(7-8-18-16)17-14-5-1-2-6-15(14)19-20-17/h1-2,5-8,10,13,22H,3-4,9,11H2,(H,19,20). The minimum atomic E-state index is 0.178. The van der Waals surface area contributed by atoms with Crippen LogP contribution in [0.25, 0.3) is 22.2 Å². The van der Waals surface area contributed by atoms with E-state index in [1.165, 1.54) is 0 Å². The molecule has 0 amide bonds. The molecule has 3 aromatic rings. The average Bonchev–Trinajstić information content (AvgIpc) is 3.21. The molecule has 1 aliphatic heterocycles. The van der Waals surface area contributed by atoms with Crippen LogP contribution in [0.2, 0.25) is 0 Å². The van der Waals surface area contributed by atoms with Gasteiger partial charge in [0.15, 0.2) is 0 Å². The Hall–Kier alpha value is -2.40. The monoisotopic (exact) mass is 294 g/mol. The molecule has 1 aromatic carbocycles. The van der Waals surface area contributed by atoms with Gasteiger partial charge in [-0.05, 0) is 31.0 Å². The summed E-state index contributed by atoms with van der Waals surface area (Å²) in [4.78, 5) is 6.68. The zero-order valence-electron chi connectivity index (χ0n) is 12.2. The van der Waals surface area contributed by atoms with Gasteiger partial charge in [-0.15, -0.1) is 0 Å². The summed E-state index contributed by atoms with van der Waals surface area (Å²) in [6, 6.07) is 12.3. The first-order chi connectivity index (χ1) is 10.9. The van der Waals surface area contributed by atoms with Gasteiger partial charge in [-0.3, -0.25) is 5.10 Å². The Balaban J connectivity index is 1.76. The second-order valence-electron chi connectivity index (χ2n) is 5.69. The summed E-state index contributed by atoms with van der Waals surface area (Å²) in [6.07, 6.45) is 3.94. The highest BCUT2D eigenvalue weighted by molar-refractivity contribution is 5.93. The van der Waals surface area contributed by atoms with Gasteiger partial charge in [0.2, 0.25) is 0 Å². The zero-order valence-corrected chi connectivity index (χ0v) is 12.2. The third-order valence-electron chi connectivity index (χ3n) is 4.37. The van der Waals surface area contributed by atoms with Gasteiger partial charge in [0.05, 0.1) is 18.2 Å². The highest BCUT2D eigenvalue weighted by atomic mass is 16.3. The molecule has 0 saturated carbocycles. The Bertz CT molecular complexity index is 798. The van der Waals surface area contributed by atoms with E-state index < -0.39 is 0 Å². The van der Waals surface area contributed by atoms with Gasteiger partial charge in [0.25, 0.3) is 0 Å². The summed E-state index contributed by atoms with van der Waals surface area (Å²) in [7, 11) is 0. The summed E-state index contributed by atoms with van der Waals surface area (Å²) < 4.78 is 0. The first kappa shape index (κ1) is 13.3. The largest absolute Gasteiger partial charge is 0.394 e. The molecule has 2 N–H and O–H groups in total. The number of benzene rings is 1. The van der Waals surface area contributed by atoms with Crippen LogP contribution in [0.3, 0.4) is 0 Å². The minimum absolute atomic E-state index is 0.178. The third kappa shape index (κ3) is 2.14. The summed E-state index contributed by atoms with van der Waals surface area (Å²) in [5.74, 6) is 0.918. The maximum atomic E-state index is 9.51. The topological polar surface area (TPSA) is 65.0 Å². The van der Waals surface area contributed by atoms with Crippen molar-refractivity contribution in [2.24, 2.45) is 0 Å². The van der Waals surface area contributed by atoms with Crippen molar-refractivity contribution in [3.8, 4) is 11.3 Å². The van der Waals surface area contributed by atoms with E-state index in [0.29, 0.717) is 0 Å². The number of hydrogen-bond donors (Lipinski definition) is 2. The molecule has 5 heteroatoms. The molecule has 1 atom stereocenters. The van der Waals surface area contributed by atoms with Crippen molar-refractivity contribution in [3.63, 3.8) is 0 Å². The van der Waals surface area contributed by atoms with Crippen LogP contribution in [0, 0.1) is 0 Å². The summed E-state index contributed by atoms with van der Waals surface area (Å²) in [5, 5.41) is 18.1. The number of rotatable bonds is 3. The zero-order chi connectivity index (χ0) is 14.9. The van der Waals surface area contributed by atoms with E-state index in [9.17, 15) is 5.11 Å². The minimum Gasteiger partial charge on any atom is -0.394 e. The number of aromatic nitrogens is 3. The fourth-order valence-electron chi connectivity index (χ4n) is 3.23. The lowest BCUT2D eigenvalue weighted by molar-refractivity contribution is 0.266. The van der Waals surface area contributed by atoms with Gasteiger partial charge in [-0.1, -0.05) is 18.2 Å². The Morgan fingerprint density at radius 3 is 3.09 bits per heavy atom. The van der Waals surface area contributed by atoms with Crippen molar-refractivity contribution >= 4 is 16.7 Å². The smallest absolute Gasteiger partial charge is 0.129 e. The molecule has 1 fully saturated rings. The molecule has 0 spiro atoms. The molecule has 112 valence electrons. The van der Waals surface area contributed by atoms with Crippen molar-refractivity contribution < 1.29 is 5.11 Å². The number of para-hydroxylation sites is 1. The predicted molar refractivity (Wildman–Crippen MR) is 86.8 cm³/mol. The molecule has 4 rings (SSSR count). The Labute approximate surface area is 128 Å². The summed E-state index contributed by atoms with van der Waals surface area (Å²) >= 11 is 0.